The second-order valence-electron chi connectivity index (χ2n) is 7.94. The minimum absolute atomic E-state index is 0.0539. The summed E-state index contributed by atoms with van der Waals surface area (Å²) >= 11 is 0. The molecule has 3 aromatic rings. The van der Waals surface area contributed by atoms with Crippen molar-refractivity contribution in [1.29, 1.82) is 0 Å². The fourth-order valence-corrected chi connectivity index (χ4v) is 4.55. The van der Waals surface area contributed by atoms with Crippen LogP contribution in [0.5, 0.6) is 0 Å². The van der Waals surface area contributed by atoms with Crippen molar-refractivity contribution in [3.05, 3.63) is 63.1 Å². The van der Waals surface area contributed by atoms with Crippen LogP contribution < -0.4 is 5.56 Å². The zero-order valence-electron chi connectivity index (χ0n) is 15.5. The Morgan fingerprint density at radius 1 is 1.00 bits per heavy atom. The van der Waals surface area contributed by atoms with Crippen LogP contribution in [0.15, 0.2) is 35.3 Å². The first-order valence-electron chi connectivity index (χ1n) is 10.1. The Kier molecular flexibility index (Phi) is 4.12. The lowest BCUT2D eigenvalue weighted by molar-refractivity contribution is 0.282. The summed E-state index contributed by atoms with van der Waals surface area (Å²) in [5.41, 5.74) is 5.52. The lowest BCUT2D eigenvalue weighted by Gasteiger charge is -2.30. The number of rotatable bonds is 4. The Bertz CT molecular complexity index is 1040. The van der Waals surface area contributed by atoms with Crippen molar-refractivity contribution in [1.82, 2.24) is 14.3 Å². The summed E-state index contributed by atoms with van der Waals surface area (Å²) in [4.78, 5) is 13.3. The maximum atomic E-state index is 13.3. The van der Waals surface area contributed by atoms with Gasteiger partial charge in [0.2, 0.25) is 0 Å². The van der Waals surface area contributed by atoms with Gasteiger partial charge in [0, 0.05) is 17.0 Å². The normalized spacial score (nSPS) is 17.1. The van der Waals surface area contributed by atoms with Gasteiger partial charge >= 0.3 is 0 Å². The number of hydrogen-bond acceptors (Lipinski definition) is 3. The molecule has 140 valence electrons. The van der Waals surface area contributed by atoms with Gasteiger partial charge in [-0.1, -0.05) is 24.3 Å². The molecule has 0 saturated heterocycles. The van der Waals surface area contributed by atoms with E-state index >= 15 is 0 Å². The molecule has 1 aromatic carbocycles. The Hall–Kier alpha value is -2.40. The quantitative estimate of drug-likeness (QED) is 0.773. The van der Waals surface area contributed by atoms with E-state index in [9.17, 15) is 9.90 Å². The molecule has 0 spiro atoms. The third-order valence-corrected chi connectivity index (χ3v) is 6.29. The summed E-state index contributed by atoms with van der Waals surface area (Å²) < 4.78 is 4.05. The van der Waals surface area contributed by atoms with Gasteiger partial charge in [-0.2, -0.15) is 5.10 Å². The smallest absolute Gasteiger partial charge is 0.255 e. The van der Waals surface area contributed by atoms with Crippen LogP contribution in [-0.4, -0.2) is 19.5 Å². The number of hydrogen-bond donors (Lipinski definition) is 1. The minimum Gasteiger partial charge on any atom is -0.392 e. The van der Waals surface area contributed by atoms with Crippen molar-refractivity contribution >= 4 is 11.0 Å². The number of aliphatic hydroxyl groups excluding tert-OH is 1. The summed E-state index contributed by atoms with van der Waals surface area (Å²) in [6, 6.07) is 8.27. The molecule has 0 atom stereocenters. The van der Waals surface area contributed by atoms with Crippen molar-refractivity contribution in [2.75, 3.05) is 0 Å². The average molecular weight is 363 g/mol. The summed E-state index contributed by atoms with van der Waals surface area (Å²) in [6.07, 6.45) is 9.51. The van der Waals surface area contributed by atoms with Crippen LogP contribution >= 0.6 is 0 Å². The van der Waals surface area contributed by atoms with Crippen LogP contribution in [0, 0.1) is 0 Å². The Balaban J connectivity index is 1.66. The molecule has 1 saturated carbocycles. The molecule has 0 aliphatic heterocycles. The van der Waals surface area contributed by atoms with Gasteiger partial charge in [0.1, 0.15) is 5.65 Å². The van der Waals surface area contributed by atoms with Gasteiger partial charge in [-0.25, -0.2) is 4.68 Å². The summed E-state index contributed by atoms with van der Waals surface area (Å²) in [5.74, 6) is 0. The van der Waals surface area contributed by atoms with Crippen molar-refractivity contribution < 1.29 is 5.11 Å². The number of nitrogens with zero attached hydrogens (tertiary/aromatic N) is 3. The molecule has 0 bridgehead atoms. The zero-order chi connectivity index (χ0) is 18.4. The predicted octanol–water partition coefficient (Wildman–Crippen LogP) is 3.34. The standard InChI is InChI=1S/C22H25N3O2/c26-14-16-10-8-15(9-11-16)13-24-21-20(12-23-24)18-6-1-2-7-19(18)22(27)25(21)17-4-3-5-17/h8-12,17,26H,1-7,13-14H2. The molecule has 5 nitrogen and oxygen atoms in total. The molecule has 5 rings (SSSR count). The molecular weight excluding hydrogens is 338 g/mol. The maximum Gasteiger partial charge on any atom is 0.255 e. The fraction of sp³-hybridized carbons (Fsp3) is 0.455. The van der Waals surface area contributed by atoms with E-state index in [0.717, 1.165) is 60.9 Å². The molecule has 0 unspecified atom stereocenters. The lowest BCUT2D eigenvalue weighted by atomic mass is 9.88. The monoisotopic (exact) mass is 363 g/mol. The molecule has 1 fully saturated rings. The number of fused-ring (bicyclic) bond motifs is 3. The lowest BCUT2D eigenvalue weighted by Crippen LogP contribution is -2.34. The molecule has 5 heteroatoms. The number of aromatic nitrogens is 3. The molecule has 2 heterocycles. The van der Waals surface area contributed by atoms with E-state index in [4.69, 9.17) is 5.10 Å². The topological polar surface area (TPSA) is 60.1 Å². The Labute approximate surface area is 158 Å². The van der Waals surface area contributed by atoms with Crippen LogP contribution in [0.1, 0.15) is 60.4 Å². The first-order chi connectivity index (χ1) is 13.3. The third kappa shape index (κ3) is 2.72. The molecule has 0 amide bonds. The van der Waals surface area contributed by atoms with E-state index in [1.807, 2.05) is 35.1 Å². The molecule has 2 aromatic heterocycles. The van der Waals surface area contributed by atoms with Gasteiger partial charge in [0.15, 0.2) is 0 Å². The number of benzene rings is 1. The largest absolute Gasteiger partial charge is 0.392 e. The summed E-state index contributed by atoms with van der Waals surface area (Å²) in [6.45, 7) is 0.693. The van der Waals surface area contributed by atoms with Crippen molar-refractivity contribution in [3.63, 3.8) is 0 Å². The predicted molar refractivity (Wildman–Crippen MR) is 105 cm³/mol. The number of aliphatic hydroxyl groups is 1. The van der Waals surface area contributed by atoms with Crippen LogP contribution in [0.4, 0.5) is 0 Å². The van der Waals surface area contributed by atoms with Crippen LogP contribution in [-0.2, 0) is 26.0 Å². The highest BCUT2D eigenvalue weighted by Crippen LogP contribution is 2.35. The molecule has 2 aliphatic carbocycles. The first-order valence-corrected chi connectivity index (χ1v) is 10.1. The second kappa shape index (κ2) is 6.64. The summed E-state index contributed by atoms with van der Waals surface area (Å²) in [7, 11) is 0. The summed E-state index contributed by atoms with van der Waals surface area (Å²) in [5, 5.41) is 15.1. The van der Waals surface area contributed by atoms with E-state index < -0.39 is 0 Å². The van der Waals surface area contributed by atoms with Gasteiger partial charge in [0.25, 0.3) is 5.56 Å². The molecule has 1 N–H and O–H groups in total. The molecular formula is C22H25N3O2. The van der Waals surface area contributed by atoms with Crippen molar-refractivity contribution in [2.24, 2.45) is 0 Å². The van der Waals surface area contributed by atoms with E-state index in [1.165, 1.54) is 17.4 Å². The molecule has 0 radical (unpaired) electrons. The van der Waals surface area contributed by atoms with E-state index in [-0.39, 0.29) is 12.2 Å². The van der Waals surface area contributed by atoms with Gasteiger partial charge in [0.05, 0.1) is 19.3 Å². The molecule has 27 heavy (non-hydrogen) atoms. The highest BCUT2D eigenvalue weighted by atomic mass is 16.3. The third-order valence-electron chi connectivity index (χ3n) is 6.29. The fourth-order valence-electron chi connectivity index (χ4n) is 4.55. The number of pyridine rings is 1. The molecule has 2 aliphatic rings. The van der Waals surface area contributed by atoms with Crippen molar-refractivity contribution in [2.45, 2.75) is 64.1 Å². The van der Waals surface area contributed by atoms with E-state index in [0.29, 0.717) is 12.6 Å². The van der Waals surface area contributed by atoms with Crippen molar-refractivity contribution in [3.8, 4) is 0 Å². The average Bonchev–Trinajstić information content (AvgIpc) is 3.08. The highest BCUT2D eigenvalue weighted by Gasteiger charge is 2.28. The first kappa shape index (κ1) is 16.8. The highest BCUT2D eigenvalue weighted by molar-refractivity contribution is 5.81. The SMILES string of the molecule is O=c1c2c(c3cnn(Cc4ccc(CO)cc4)c3n1C1CCC1)CCCC2. The Morgan fingerprint density at radius 2 is 1.70 bits per heavy atom. The van der Waals surface area contributed by atoms with Crippen LogP contribution in [0.3, 0.4) is 0 Å². The van der Waals surface area contributed by atoms with Gasteiger partial charge in [-0.15, -0.1) is 0 Å². The Morgan fingerprint density at radius 3 is 2.37 bits per heavy atom. The maximum absolute atomic E-state index is 13.3. The van der Waals surface area contributed by atoms with E-state index in [2.05, 4.69) is 4.57 Å². The minimum atomic E-state index is 0.0539. The van der Waals surface area contributed by atoms with Gasteiger partial charge in [-0.3, -0.25) is 9.36 Å². The van der Waals surface area contributed by atoms with E-state index in [1.54, 1.807) is 0 Å². The zero-order valence-corrected chi connectivity index (χ0v) is 15.5. The van der Waals surface area contributed by atoms with Crippen LogP contribution in [0.25, 0.3) is 11.0 Å². The second-order valence-corrected chi connectivity index (χ2v) is 7.94. The van der Waals surface area contributed by atoms with Gasteiger partial charge < -0.3 is 5.11 Å². The van der Waals surface area contributed by atoms with Crippen LogP contribution in [0.2, 0.25) is 0 Å². The van der Waals surface area contributed by atoms with Gasteiger partial charge in [-0.05, 0) is 61.6 Å². The number of aryl methyl sites for hydroxylation is 1.